The van der Waals surface area contributed by atoms with Crippen LogP contribution in [0.2, 0.25) is 0 Å². The van der Waals surface area contributed by atoms with Gasteiger partial charge < -0.3 is 25.0 Å². The van der Waals surface area contributed by atoms with Crippen LogP contribution in [0, 0.1) is 0 Å². The number of nitrogens with one attached hydrogen (secondary N) is 2. The fraction of sp³-hybridized carbons (Fsp3) is 0.632. The van der Waals surface area contributed by atoms with E-state index in [0.29, 0.717) is 24.1 Å². The van der Waals surface area contributed by atoms with E-state index in [1.165, 1.54) is 13.0 Å². The van der Waals surface area contributed by atoms with Gasteiger partial charge in [0.15, 0.2) is 17.5 Å². The van der Waals surface area contributed by atoms with Gasteiger partial charge >= 0.3 is 0 Å². The lowest BCUT2D eigenvalue weighted by molar-refractivity contribution is 0.206. The normalized spacial score (nSPS) is 15.8. The van der Waals surface area contributed by atoms with Crippen molar-refractivity contribution < 1.29 is 9.47 Å². The molecule has 2 N–H and O–H groups in total. The average Bonchev–Trinajstić information content (AvgIpc) is 2.66. The smallest absolute Gasteiger partial charge is 0.191 e. The van der Waals surface area contributed by atoms with Crippen molar-refractivity contribution in [1.29, 1.82) is 0 Å². The van der Waals surface area contributed by atoms with E-state index >= 15 is 0 Å². The van der Waals surface area contributed by atoms with Gasteiger partial charge in [-0.15, -0.1) is 24.0 Å². The van der Waals surface area contributed by atoms with Crippen LogP contribution < -0.4 is 20.1 Å². The zero-order valence-corrected chi connectivity index (χ0v) is 20.6. The first-order valence-electron chi connectivity index (χ1n) is 9.21. The number of nitrogens with zero attached hydrogens (tertiary/aromatic N) is 2. The topological polar surface area (TPSA) is 58.1 Å². The lowest BCUT2D eigenvalue weighted by atomic mass is 10.1. The third kappa shape index (κ3) is 7.30. The number of methoxy groups -OCH3 is 2. The minimum Gasteiger partial charge on any atom is -0.493 e. The van der Waals surface area contributed by atoms with Crippen LogP contribution in [0.5, 0.6) is 11.5 Å². The standard InChI is InChI=1S/C19H31BrN4O2.HI/c1-5-8-24-9-6-15(7-10-24)23-19(21-2)22-13-14-11-16(20)18(26-4)17(12-14)25-3;/h11-12,15H,5-10,13H2,1-4H3,(H2,21,22,23);1H. The molecule has 2 rings (SSSR count). The van der Waals surface area contributed by atoms with Gasteiger partial charge in [-0.3, -0.25) is 4.99 Å². The third-order valence-electron chi connectivity index (χ3n) is 4.65. The Balaban J connectivity index is 0.00000364. The number of rotatable bonds is 7. The van der Waals surface area contributed by atoms with Gasteiger partial charge in [0.1, 0.15) is 0 Å². The number of likely N-dealkylation sites (tertiary alicyclic amines) is 1. The lowest BCUT2D eigenvalue weighted by Gasteiger charge is -2.32. The van der Waals surface area contributed by atoms with E-state index in [9.17, 15) is 0 Å². The minimum atomic E-state index is 0. The highest BCUT2D eigenvalue weighted by Gasteiger charge is 2.19. The molecule has 0 atom stereocenters. The van der Waals surface area contributed by atoms with Crippen LogP contribution in [-0.2, 0) is 6.54 Å². The van der Waals surface area contributed by atoms with Crippen LogP contribution in [0.15, 0.2) is 21.6 Å². The van der Waals surface area contributed by atoms with Crippen molar-refractivity contribution in [2.24, 2.45) is 4.99 Å². The first-order chi connectivity index (χ1) is 12.6. The molecule has 1 heterocycles. The molecule has 0 aromatic heterocycles. The largest absolute Gasteiger partial charge is 0.493 e. The van der Waals surface area contributed by atoms with Crippen molar-refractivity contribution in [2.45, 2.75) is 38.8 Å². The Morgan fingerprint density at radius 3 is 2.52 bits per heavy atom. The number of hydrogen-bond acceptors (Lipinski definition) is 4. The van der Waals surface area contributed by atoms with Gasteiger partial charge in [-0.1, -0.05) is 6.92 Å². The Morgan fingerprint density at radius 1 is 1.26 bits per heavy atom. The molecule has 0 spiro atoms. The van der Waals surface area contributed by atoms with Gasteiger partial charge in [0.25, 0.3) is 0 Å². The van der Waals surface area contributed by atoms with Crippen molar-refractivity contribution in [2.75, 3.05) is 40.9 Å². The van der Waals surface area contributed by atoms with Gasteiger partial charge in [-0.05, 0) is 59.4 Å². The summed E-state index contributed by atoms with van der Waals surface area (Å²) in [4.78, 5) is 6.90. The molecule has 1 aromatic carbocycles. The number of ether oxygens (including phenoxy) is 2. The summed E-state index contributed by atoms with van der Waals surface area (Å²) in [6.45, 7) is 6.42. The quantitative estimate of drug-likeness (QED) is 0.306. The van der Waals surface area contributed by atoms with E-state index in [0.717, 1.165) is 41.9 Å². The van der Waals surface area contributed by atoms with E-state index in [2.05, 4.69) is 43.4 Å². The minimum absolute atomic E-state index is 0. The molecule has 1 aliphatic rings. The highest BCUT2D eigenvalue weighted by atomic mass is 127. The maximum Gasteiger partial charge on any atom is 0.191 e. The summed E-state index contributed by atoms with van der Waals surface area (Å²) >= 11 is 3.54. The lowest BCUT2D eigenvalue weighted by Crippen LogP contribution is -2.48. The average molecular weight is 555 g/mol. The molecule has 8 heteroatoms. The summed E-state index contributed by atoms with van der Waals surface area (Å²) < 4.78 is 11.6. The summed E-state index contributed by atoms with van der Waals surface area (Å²) in [7, 11) is 5.09. The first kappa shape index (κ1) is 24.3. The Bertz CT molecular complexity index is 608. The molecule has 1 aromatic rings. The number of benzene rings is 1. The van der Waals surface area contributed by atoms with Crippen LogP contribution in [0.3, 0.4) is 0 Å². The highest BCUT2D eigenvalue weighted by molar-refractivity contribution is 14.0. The molecule has 1 aliphatic heterocycles. The molecule has 0 aliphatic carbocycles. The fourth-order valence-corrected chi connectivity index (χ4v) is 3.92. The van der Waals surface area contributed by atoms with Gasteiger partial charge in [0, 0.05) is 32.7 Å². The molecule has 1 saturated heterocycles. The van der Waals surface area contributed by atoms with Crippen LogP contribution in [0.4, 0.5) is 0 Å². The summed E-state index contributed by atoms with van der Waals surface area (Å²) in [6.07, 6.45) is 3.54. The summed E-state index contributed by atoms with van der Waals surface area (Å²) in [5, 5.41) is 6.94. The fourth-order valence-electron chi connectivity index (χ4n) is 3.26. The van der Waals surface area contributed by atoms with Crippen LogP contribution in [0.25, 0.3) is 0 Å². The zero-order valence-electron chi connectivity index (χ0n) is 16.7. The molecule has 0 bridgehead atoms. The van der Waals surface area contributed by atoms with Gasteiger partial charge in [0.05, 0.1) is 18.7 Å². The molecule has 0 radical (unpaired) electrons. The van der Waals surface area contributed by atoms with Crippen molar-refractivity contribution in [3.8, 4) is 11.5 Å². The second-order valence-electron chi connectivity index (χ2n) is 6.50. The highest BCUT2D eigenvalue weighted by Crippen LogP contribution is 2.36. The van der Waals surface area contributed by atoms with Crippen molar-refractivity contribution in [3.05, 3.63) is 22.2 Å². The second-order valence-corrected chi connectivity index (χ2v) is 7.35. The van der Waals surface area contributed by atoms with Crippen LogP contribution in [0.1, 0.15) is 31.7 Å². The van der Waals surface area contributed by atoms with Crippen molar-refractivity contribution in [1.82, 2.24) is 15.5 Å². The SMILES string of the molecule is CCCN1CCC(NC(=NC)NCc2cc(Br)c(OC)c(OC)c2)CC1.I. The maximum atomic E-state index is 5.41. The number of halogens is 2. The van der Waals surface area contributed by atoms with E-state index in [4.69, 9.17) is 9.47 Å². The number of guanidine groups is 1. The Hall–Kier alpha value is -0.740. The number of piperidine rings is 1. The summed E-state index contributed by atoms with van der Waals surface area (Å²) in [6, 6.07) is 4.49. The van der Waals surface area contributed by atoms with E-state index < -0.39 is 0 Å². The predicted octanol–water partition coefficient (Wildman–Crippen LogP) is 3.62. The van der Waals surface area contributed by atoms with Gasteiger partial charge in [-0.2, -0.15) is 0 Å². The molecular formula is C19H32BrIN4O2. The molecule has 0 saturated carbocycles. The molecule has 154 valence electrons. The van der Waals surface area contributed by atoms with Crippen LogP contribution >= 0.6 is 39.9 Å². The van der Waals surface area contributed by atoms with Crippen molar-refractivity contribution in [3.63, 3.8) is 0 Å². The maximum absolute atomic E-state index is 5.41. The number of hydrogen-bond donors (Lipinski definition) is 2. The Morgan fingerprint density at radius 2 is 1.96 bits per heavy atom. The van der Waals surface area contributed by atoms with Gasteiger partial charge in [0.2, 0.25) is 0 Å². The molecule has 27 heavy (non-hydrogen) atoms. The van der Waals surface area contributed by atoms with Crippen molar-refractivity contribution >= 4 is 45.9 Å². The second kappa shape index (κ2) is 12.7. The summed E-state index contributed by atoms with van der Waals surface area (Å²) in [5.74, 6) is 2.26. The monoisotopic (exact) mass is 554 g/mol. The predicted molar refractivity (Wildman–Crippen MR) is 126 cm³/mol. The van der Waals surface area contributed by atoms with E-state index in [-0.39, 0.29) is 24.0 Å². The van der Waals surface area contributed by atoms with Gasteiger partial charge in [-0.25, -0.2) is 0 Å². The molecular weight excluding hydrogens is 523 g/mol. The molecule has 0 amide bonds. The van der Waals surface area contributed by atoms with E-state index in [1.807, 2.05) is 19.2 Å². The molecule has 1 fully saturated rings. The first-order valence-corrected chi connectivity index (χ1v) is 10.0. The summed E-state index contributed by atoms with van der Waals surface area (Å²) in [5.41, 5.74) is 1.09. The molecule has 0 unspecified atom stereocenters. The molecule has 6 nitrogen and oxygen atoms in total. The van der Waals surface area contributed by atoms with E-state index in [1.54, 1.807) is 14.2 Å². The Labute approximate surface area is 188 Å². The zero-order chi connectivity index (χ0) is 18.9. The van der Waals surface area contributed by atoms with Crippen LogP contribution in [-0.4, -0.2) is 57.8 Å². The Kier molecular flexibility index (Phi) is 11.4. The third-order valence-corrected chi connectivity index (χ3v) is 5.23. The number of aliphatic imine (C=N–C) groups is 1.